The molecule has 1 aromatic carbocycles. The summed E-state index contributed by atoms with van der Waals surface area (Å²) < 4.78 is 11.2. The Balaban J connectivity index is 1.73. The lowest BCUT2D eigenvalue weighted by Crippen LogP contribution is -3.20. The van der Waals surface area contributed by atoms with Gasteiger partial charge in [-0.3, -0.25) is 0 Å². The van der Waals surface area contributed by atoms with Gasteiger partial charge in [0.05, 0.1) is 6.61 Å². The van der Waals surface area contributed by atoms with Crippen molar-refractivity contribution in [3.63, 3.8) is 0 Å². The molecule has 1 aliphatic rings. The highest BCUT2D eigenvalue weighted by Crippen LogP contribution is 2.18. The third-order valence-electron chi connectivity index (χ3n) is 3.24. The van der Waals surface area contributed by atoms with Gasteiger partial charge in [0.1, 0.15) is 50.8 Å². The molecule has 3 N–H and O–H groups in total. The van der Waals surface area contributed by atoms with Crippen LogP contribution in [0.4, 0.5) is 0 Å². The maximum atomic E-state index is 5.78. The molecule has 4 nitrogen and oxygen atoms in total. The zero-order valence-electron chi connectivity index (χ0n) is 11.2. The summed E-state index contributed by atoms with van der Waals surface area (Å²) in [5.41, 5.74) is 0. The maximum absolute atomic E-state index is 5.78. The number of ether oxygens (including phenoxy) is 2. The van der Waals surface area contributed by atoms with Crippen molar-refractivity contribution in [3.8, 4) is 11.5 Å². The predicted molar refractivity (Wildman–Crippen MR) is 70.3 cm³/mol. The molecule has 18 heavy (non-hydrogen) atoms. The molecule has 0 amide bonds. The van der Waals surface area contributed by atoms with Crippen LogP contribution >= 0.6 is 0 Å². The van der Waals surface area contributed by atoms with Gasteiger partial charge < -0.3 is 19.7 Å². The lowest BCUT2D eigenvalue weighted by atomic mass is 10.3. The van der Waals surface area contributed by atoms with E-state index in [9.17, 15) is 0 Å². The minimum Gasteiger partial charge on any atom is -0.494 e. The smallest absolute Gasteiger partial charge is 0.137 e. The maximum Gasteiger partial charge on any atom is 0.137 e. The van der Waals surface area contributed by atoms with Crippen molar-refractivity contribution >= 4 is 0 Å². The number of nitrogens with two attached hydrogens (primary N) is 1. The van der Waals surface area contributed by atoms with Gasteiger partial charge in [0, 0.05) is 6.07 Å². The Morgan fingerprint density at radius 1 is 1.17 bits per heavy atom. The minimum atomic E-state index is 0.692. The van der Waals surface area contributed by atoms with Crippen LogP contribution in [0.1, 0.15) is 6.92 Å². The van der Waals surface area contributed by atoms with E-state index in [0.717, 1.165) is 24.7 Å². The van der Waals surface area contributed by atoms with Gasteiger partial charge in [-0.2, -0.15) is 0 Å². The average Bonchev–Trinajstić information content (AvgIpc) is 2.41. The van der Waals surface area contributed by atoms with Gasteiger partial charge in [-0.1, -0.05) is 6.07 Å². The number of rotatable bonds is 6. The zero-order valence-corrected chi connectivity index (χ0v) is 11.2. The lowest BCUT2D eigenvalue weighted by molar-refractivity contribution is -0.946. The number of hydrogen-bond donors (Lipinski definition) is 2. The van der Waals surface area contributed by atoms with Crippen molar-refractivity contribution < 1.29 is 19.7 Å². The summed E-state index contributed by atoms with van der Waals surface area (Å²) in [6.07, 6.45) is 0. The molecule has 1 saturated heterocycles. The Bertz CT molecular complexity index is 351. The summed E-state index contributed by atoms with van der Waals surface area (Å²) in [5.74, 6) is 1.79. The first-order valence-electron chi connectivity index (χ1n) is 6.89. The summed E-state index contributed by atoms with van der Waals surface area (Å²) in [4.78, 5) is 1.65. The van der Waals surface area contributed by atoms with Crippen molar-refractivity contribution in [3.05, 3.63) is 24.3 Å². The molecule has 1 aromatic rings. The van der Waals surface area contributed by atoms with E-state index in [1.165, 1.54) is 26.2 Å². The Morgan fingerprint density at radius 3 is 2.61 bits per heavy atom. The van der Waals surface area contributed by atoms with Gasteiger partial charge in [0.25, 0.3) is 0 Å². The monoisotopic (exact) mass is 252 g/mol. The molecular formula is C14H24N2O2+2. The summed E-state index contributed by atoms with van der Waals surface area (Å²) in [6.45, 7) is 9.55. The molecular weight excluding hydrogens is 228 g/mol. The molecule has 100 valence electrons. The number of hydrogen-bond acceptors (Lipinski definition) is 2. The molecule has 0 bridgehead atoms. The Morgan fingerprint density at radius 2 is 1.89 bits per heavy atom. The fourth-order valence-corrected chi connectivity index (χ4v) is 2.27. The summed E-state index contributed by atoms with van der Waals surface area (Å²) in [5, 5.41) is 2.38. The molecule has 1 heterocycles. The number of piperazine rings is 1. The van der Waals surface area contributed by atoms with E-state index < -0.39 is 0 Å². The van der Waals surface area contributed by atoms with Crippen LogP contribution in [0.25, 0.3) is 0 Å². The molecule has 4 heteroatoms. The molecule has 0 aliphatic carbocycles. The van der Waals surface area contributed by atoms with E-state index in [4.69, 9.17) is 9.47 Å². The van der Waals surface area contributed by atoms with Gasteiger partial charge in [-0.25, -0.2) is 0 Å². The second-order valence-electron chi connectivity index (χ2n) is 4.62. The summed E-state index contributed by atoms with van der Waals surface area (Å²) >= 11 is 0. The van der Waals surface area contributed by atoms with Crippen LogP contribution in [0, 0.1) is 0 Å². The van der Waals surface area contributed by atoms with Gasteiger partial charge in [0.15, 0.2) is 0 Å². The van der Waals surface area contributed by atoms with E-state index in [2.05, 4.69) is 5.32 Å². The second kappa shape index (κ2) is 7.24. The first-order chi connectivity index (χ1) is 8.88. The van der Waals surface area contributed by atoms with Crippen molar-refractivity contribution in [2.75, 3.05) is 45.9 Å². The van der Waals surface area contributed by atoms with Crippen molar-refractivity contribution in [1.29, 1.82) is 0 Å². The molecule has 0 saturated carbocycles. The first kappa shape index (κ1) is 13.2. The fourth-order valence-electron chi connectivity index (χ4n) is 2.27. The highest BCUT2D eigenvalue weighted by atomic mass is 16.5. The van der Waals surface area contributed by atoms with Crippen LogP contribution < -0.4 is 19.7 Å². The largest absolute Gasteiger partial charge is 0.494 e. The molecule has 0 aromatic heterocycles. The minimum absolute atomic E-state index is 0.692. The van der Waals surface area contributed by atoms with Crippen LogP contribution in [0.3, 0.4) is 0 Å². The third-order valence-corrected chi connectivity index (χ3v) is 3.24. The lowest BCUT2D eigenvalue weighted by Gasteiger charge is -2.22. The highest BCUT2D eigenvalue weighted by Gasteiger charge is 2.14. The Kier molecular flexibility index (Phi) is 5.30. The quantitative estimate of drug-likeness (QED) is 0.676. The first-order valence-corrected chi connectivity index (χ1v) is 6.89. The van der Waals surface area contributed by atoms with Crippen molar-refractivity contribution in [2.24, 2.45) is 0 Å². The number of quaternary nitrogens is 2. The molecule has 2 rings (SSSR count). The fraction of sp³-hybridized carbons (Fsp3) is 0.571. The van der Waals surface area contributed by atoms with Crippen molar-refractivity contribution in [1.82, 2.24) is 0 Å². The Labute approximate surface area is 109 Å². The molecule has 0 radical (unpaired) electrons. The molecule has 0 spiro atoms. The van der Waals surface area contributed by atoms with Crippen LogP contribution in [-0.2, 0) is 0 Å². The van der Waals surface area contributed by atoms with E-state index >= 15 is 0 Å². The van der Waals surface area contributed by atoms with E-state index in [1.54, 1.807) is 4.90 Å². The number of nitrogens with one attached hydrogen (secondary N) is 1. The highest BCUT2D eigenvalue weighted by molar-refractivity contribution is 5.32. The second-order valence-corrected chi connectivity index (χ2v) is 4.62. The van der Waals surface area contributed by atoms with Crippen LogP contribution in [-0.4, -0.2) is 45.9 Å². The van der Waals surface area contributed by atoms with Crippen LogP contribution in [0.2, 0.25) is 0 Å². The van der Waals surface area contributed by atoms with Gasteiger partial charge in [-0.05, 0) is 19.1 Å². The SMILES string of the molecule is CCOc1cccc(OCC[NH+]2CC[NH2+]CC2)c1. The summed E-state index contributed by atoms with van der Waals surface area (Å²) in [7, 11) is 0. The van der Waals surface area contributed by atoms with E-state index in [1.807, 2.05) is 31.2 Å². The van der Waals surface area contributed by atoms with Crippen molar-refractivity contribution in [2.45, 2.75) is 6.92 Å². The summed E-state index contributed by atoms with van der Waals surface area (Å²) in [6, 6.07) is 7.88. The molecule has 1 aliphatic heterocycles. The number of benzene rings is 1. The van der Waals surface area contributed by atoms with Crippen LogP contribution in [0.5, 0.6) is 11.5 Å². The van der Waals surface area contributed by atoms with Crippen LogP contribution in [0.15, 0.2) is 24.3 Å². The van der Waals surface area contributed by atoms with E-state index in [-0.39, 0.29) is 0 Å². The molecule has 1 fully saturated rings. The third kappa shape index (κ3) is 4.20. The predicted octanol–water partition coefficient (Wildman–Crippen LogP) is -1.07. The van der Waals surface area contributed by atoms with E-state index in [0.29, 0.717) is 6.61 Å². The zero-order chi connectivity index (χ0) is 12.6. The molecule has 0 atom stereocenters. The Hall–Kier alpha value is -1.26. The average molecular weight is 252 g/mol. The van der Waals surface area contributed by atoms with Gasteiger partial charge in [-0.15, -0.1) is 0 Å². The molecule has 0 unspecified atom stereocenters. The van der Waals surface area contributed by atoms with Gasteiger partial charge in [0.2, 0.25) is 0 Å². The standard InChI is InChI=1S/C14H22N2O2/c1-2-17-13-4-3-5-14(12-13)18-11-10-16-8-6-15-7-9-16/h3-5,12,15H,2,6-11H2,1H3/p+2. The normalized spacial score (nSPS) is 16.5. The van der Waals surface area contributed by atoms with Gasteiger partial charge >= 0.3 is 0 Å². The topological polar surface area (TPSA) is 39.5 Å².